The smallest absolute Gasteiger partial charge is 0.226 e. The minimum absolute atomic E-state index is 0.181. The number of nitrogens with zero attached hydrogens (tertiary/aromatic N) is 3. The molecule has 2 aromatic rings. The van der Waals surface area contributed by atoms with Crippen LogP contribution in [-0.4, -0.2) is 27.7 Å². The Morgan fingerprint density at radius 1 is 1.35 bits per heavy atom. The van der Waals surface area contributed by atoms with Gasteiger partial charge in [-0.3, -0.25) is 4.79 Å². The first-order valence-electron chi connectivity index (χ1n) is 7.74. The van der Waals surface area contributed by atoms with Gasteiger partial charge < -0.3 is 10.1 Å². The maximum atomic E-state index is 12.7. The summed E-state index contributed by atoms with van der Waals surface area (Å²) in [5, 5.41) is 7.62. The number of carbonyl (C=O) groups excluding carboxylic acids is 1. The van der Waals surface area contributed by atoms with Gasteiger partial charge in [0, 0.05) is 17.7 Å². The van der Waals surface area contributed by atoms with Crippen LogP contribution < -0.4 is 10.1 Å². The van der Waals surface area contributed by atoms with Crippen molar-refractivity contribution in [3.8, 4) is 5.75 Å². The number of fused-ring (bicyclic) bond motifs is 1. The number of rotatable bonds is 2. The number of ketones is 1. The van der Waals surface area contributed by atoms with Gasteiger partial charge in [0.25, 0.3) is 0 Å². The third-order valence-electron chi connectivity index (χ3n) is 4.48. The number of hydrogen-bond donors (Lipinski definition) is 1. The molecule has 118 valence electrons. The van der Waals surface area contributed by atoms with Gasteiger partial charge in [0.05, 0.1) is 7.11 Å². The van der Waals surface area contributed by atoms with E-state index in [9.17, 15) is 4.79 Å². The molecule has 6 nitrogen and oxygen atoms in total. The van der Waals surface area contributed by atoms with E-state index >= 15 is 0 Å². The van der Waals surface area contributed by atoms with Crippen molar-refractivity contribution in [3.63, 3.8) is 0 Å². The van der Waals surface area contributed by atoms with Crippen molar-refractivity contribution in [2.24, 2.45) is 5.92 Å². The molecule has 0 saturated carbocycles. The summed E-state index contributed by atoms with van der Waals surface area (Å²) in [6.07, 6.45) is 2.95. The first-order valence-corrected chi connectivity index (χ1v) is 7.74. The Morgan fingerprint density at radius 3 is 3.04 bits per heavy atom. The summed E-state index contributed by atoms with van der Waals surface area (Å²) in [6, 6.07) is 7.53. The second-order valence-electron chi connectivity index (χ2n) is 6.16. The average molecular weight is 310 g/mol. The average Bonchev–Trinajstić information content (AvgIpc) is 3.00. The molecule has 0 radical (unpaired) electrons. The number of carbonyl (C=O) groups is 1. The fourth-order valence-corrected chi connectivity index (χ4v) is 3.47. The number of hydrogen-bond acceptors (Lipinski definition) is 5. The molecule has 2 atom stereocenters. The lowest BCUT2D eigenvalue weighted by molar-refractivity contribution is -0.117. The van der Waals surface area contributed by atoms with Crippen LogP contribution in [0.15, 0.2) is 41.9 Å². The zero-order valence-corrected chi connectivity index (χ0v) is 13.1. The van der Waals surface area contributed by atoms with Crippen LogP contribution in [-0.2, 0) is 4.79 Å². The molecule has 0 fully saturated rings. The Bertz CT molecular complexity index is 808. The van der Waals surface area contributed by atoms with E-state index in [1.807, 2.05) is 24.3 Å². The number of Topliss-reactive ketones (excluding diaryl/α,β-unsaturated/α-hetero) is 1. The van der Waals surface area contributed by atoms with Crippen LogP contribution in [0, 0.1) is 5.92 Å². The van der Waals surface area contributed by atoms with Gasteiger partial charge in [-0.1, -0.05) is 19.1 Å². The predicted molar refractivity (Wildman–Crippen MR) is 85.2 cm³/mol. The molecule has 0 bridgehead atoms. The first kappa shape index (κ1) is 14.0. The van der Waals surface area contributed by atoms with E-state index in [2.05, 4.69) is 22.3 Å². The van der Waals surface area contributed by atoms with Gasteiger partial charge >= 0.3 is 0 Å². The van der Waals surface area contributed by atoms with Gasteiger partial charge in [-0.05, 0) is 30.0 Å². The molecule has 1 aliphatic carbocycles. The van der Waals surface area contributed by atoms with E-state index < -0.39 is 0 Å². The van der Waals surface area contributed by atoms with Crippen molar-refractivity contribution in [1.29, 1.82) is 0 Å². The number of allylic oxidation sites excluding steroid dienone is 2. The highest BCUT2D eigenvalue weighted by molar-refractivity contribution is 5.99. The van der Waals surface area contributed by atoms with Crippen LogP contribution in [0.2, 0.25) is 0 Å². The van der Waals surface area contributed by atoms with Crippen molar-refractivity contribution in [2.45, 2.75) is 25.8 Å². The van der Waals surface area contributed by atoms with Crippen LogP contribution in [0.4, 0.5) is 5.95 Å². The maximum absolute atomic E-state index is 12.7. The Morgan fingerprint density at radius 2 is 2.22 bits per heavy atom. The Kier molecular flexibility index (Phi) is 3.18. The Balaban J connectivity index is 1.89. The van der Waals surface area contributed by atoms with Crippen molar-refractivity contribution in [1.82, 2.24) is 14.8 Å². The molecule has 23 heavy (non-hydrogen) atoms. The standard InChI is InChI=1S/C17H18N4O2/c1-10-6-13-15(14(22)7-10)16(21-17(20-13)18-9-19-21)11-4-3-5-12(8-11)23-2/h3-5,8-10,16H,6-7H2,1-2H3,(H,18,19,20)/t10-,16+/m0/s1. The van der Waals surface area contributed by atoms with Gasteiger partial charge in [-0.15, -0.1) is 0 Å². The molecule has 0 saturated heterocycles. The number of aromatic nitrogens is 3. The summed E-state index contributed by atoms with van der Waals surface area (Å²) in [4.78, 5) is 17.0. The Labute approximate surface area is 134 Å². The first-order chi connectivity index (χ1) is 11.2. The summed E-state index contributed by atoms with van der Waals surface area (Å²) in [5.74, 6) is 1.97. The summed E-state index contributed by atoms with van der Waals surface area (Å²) in [6.45, 7) is 2.10. The predicted octanol–water partition coefficient (Wildman–Crippen LogP) is 2.55. The normalized spacial score (nSPS) is 23.1. The van der Waals surface area contributed by atoms with Crippen LogP contribution in [0.5, 0.6) is 5.75 Å². The van der Waals surface area contributed by atoms with Gasteiger partial charge in [0.2, 0.25) is 5.95 Å². The lowest BCUT2D eigenvalue weighted by Crippen LogP contribution is -2.33. The van der Waals surface area contributed by atoms with E-state index in [0.29, 0.717) is 18.3 Å². The number of methoxy groups -OCH3 is 1. The highest BCUT2D eigenvalue weighted by atomic mass is 16.5. The van der Waals surface area contributed by atoms with E-state index in [0.717, 1.165) is 29.0 Å². The molecule has 0 unspecified atom stereocenters. The summed E-state index contributed by atoms with van der Waals surface area (Å²) >= 11 is 0. The van der Waals surface area contributed by atoms with Crippen LogP contribution in [0.1, 0.15) is 31.4 Å². The van der Waals surface area contributed by atoms with Gasteiger partial charge in [-0.25, -0.2) is 4.68 Å². The van der Waals surface area contributed by atoms with E-state index in [1.165, 1.54) is 6.33 Å². The topological polar surface area (TPSA) is 69.0 Å². The number of anilines is 1. The van der Waals surface area contributed by atoms with E-state index in [-0.39, 0.29) is 11.8 Å². The molecule has 1 aliphatic heterocycles. The molecule has 2 heterocycles. The molecule has 1 aromatic heterocycles. The maximum Gasteiger partial charge on any atom is 0.226 e. The number of benzene rings is 1. The van der Waals surface area contributed by atoms with Crippen molar-refractivity contribution < 1.29 is 9.53 Å². The number of nitrogens with one attached hydrogen (secondary N) is 1. The zero-order chi connectivity index (χ0) is 16.0. The molecule has 1 N–H and O–H groups in total. The second kappa shape index (κ2) is 5.22. The Hall–Kier alpha value is -2.63. The van der Waals surface area contributed by atoms with E-state index in [4.69, 9.17) is 4.74 Å². The number of ether oxygens (including phenoxy) is 1. The molecular formula is C17H18N4O2. The van der Waals surface area contributed by atoms with Crippen molar-refractivity contribution in [3.05, 3.63) is 47.4 Å². The summed E-state index contributed by atoms with van der Waals surface area (Å²) in [7, 11) is 1.64. The van der Waals surface area contributed by atoms with Gasteiger partial charge in [0.15, 0.2) is 5.78 Å². The molecular weight excluding hydrogens is 292 g/mol. The molecule has 6 heteroatoms. The second-order valence-corrected chi connectivity index (χ2v) is 6.16. The highest BCUT2D eigenvalue weighted by Crippen LogP contribution is 2.41. The minimum Gasteiger partial charge on any atom is -0.497 e. The summed E-state index contributed by atoms with van der Waals surface area (Å²) < 4.78 is 7.11. The third-order valence-corrected chi connectivity index (χ3v) is 4.48. The third kappa shape index (κ3) is 2.21. The lowest BCUT2D eigenvalue weighted by atomic mass is 9.81. The molecule has 4 rings (SSSR count). The summed E-state index contributed by atoms with van der Waals surface area (Å²) in [5.41, 5.74) is 2.75. The van der Waals surface area contributed by atoms with Crippen LogP contribution in [0.3, 0.4) is 0 Å². The quantitative estimate of drug-likeness (QED) is 0.923. The highest BCUT2D eigenvalue weighted by Gasteiger charge is 2.37. The van der Waals surface area contributed by atoms with Gasteiger partial charge in [0.1, 0.15) is 18.1 Å². The largest absolute Gasteiger partial charge is 0.497 e. The molecule has 1 aromatic carbocycles. The fourth-order valence-electron chi connectivity index (χ4n) is 3.47. The SMILES string of the molecule is COc1cccc([C@@H]2C3=C(C[C@H](C)CC3=O)Nc3ncnn32)c1. The van der Waals surface area contributed by atoms with Crippen molar-refractivity contribution in [2.75, 3.05) is 12.4 Å². The minimum atomic E-state index is -0.251. The molecule has 2 aliphatic rings. The van der Waals surface area contributed by atoms with Crippen LogP contribution in [0.25, 0.3) is 0 Å². The van der Waals surface area contributed by atoms with Crippen molar-refractivity contribution >= 4 is 11.7 Å². The molecule has 0 spiro atoms. The zero-order valence-electron chi connectivity index (χ0n) is 13.1. The monoisotopic (exact) mass is 310 g/mol. The van der Waals surface area contributed by atoms with E-state index in [1.54, 1.807) is 11.8 Å². The fraction of sp³-hybridized carbons (Fsp3) is 0.353. The van der Waals surface area contributed by atoms with Crippen LogP contribution >= 0.6 is 0 Å². The lowest BCUT2D eigenvalue weighted by Gasteiger charge is -2.34. The van der Waals surface area contributed by atoms with Gasteiger partial charge in [-0.2, -0.15) is 10.1 Å². The molecule has 0 amide bonds.